The van der Waals surface area contributed by atoms with Crippen LogP contribution in [-0.4, -0.2) is 18.0 Å². The van der Waals surface area contributed by atoms with E-state index >= 15 is 0 Å². The summed E-state index contributed by atoms with van der Waals surface area (Å²) in [6, 6.07) is 0. The number of carbonyl (C=O) groups is 1. The molecule has 0 heterocycles. The number of hydrogen-bond donors (Lipinski definition) is 0. The Balaban J connectivity index is 5.64. The van der Waals surface area contributed by atoms with Crippen LogP contribution in [0.25, 0.3) is 0 Å². The molecular weight excluding hydrogens is 222 g/mol. The molecule has 0 spiro atoms. The van der Waals surface area contributed by atoms with Gasteiger partial charge in [-0.15, -0.1) is 0 Å². The van der Waals surface area contributed by atoms with E-state index in [1.54, 1.807) is 26.0 Å². The molecule has 5 heteroatoms. The molecule has 17 heavy (non-hydrogen) atoms. The van der Waals surface area contributed by atoms with Crippen LogP contribution in [-0.2, 0) is 9.53 Å². The number of ether oxygens (including phenoxy) is 1. The number of allylic oxidation sites excluding steroid dienone is 3. The van der Waals surface area contributed by atoms with Gasteiger partial charge >= 0.3 is 5.97 Å². The highest BCUT2D eigenvalue weighted by Gasteiger charge is 2.36. The van der Waals surface area contributed by atoms with Crippen molar-refractivity contribution >= 4 is 5.97 Å². The first-order chi connectivity index (χ1) is 7.78. The average molecular weight is 241 g/mol. The fourth-order valence-electron chi connectivity index (χ4n) is 1.48. The van der Waals surface area contributed by atoms with Crippen LogP contribution in [0.1, 0.15) is 34.1 Å². The Hall–Kier alpha value is -1.65. The van der Waals surface area contributed by atoms with E-state index < -0.39 is 16.3 Å². The van der Waals surface area contributed by atoms with Crippen molar-refractivity contribution in [2.75, 3.05) is 7.11 Å². The minimum Gasteiger partial charge on any atom is -0.468 e. The van der Waals surface area contributed by atoms with Gasteiger partial charge in [0, 0.05) is 12.5 Å². The smallest absolute Gasteiger partial charge is 0.315 e. The maximum Gasteiger partial charge on any atom is 0.315 e. The number of esters is 1. The number of rotatable bonds is 5. The Morgan fingerprint density at radius 3 is 2.35 bits per heavy atom. The van der Waals surface area contributed by atoms with E-state index in [1.165, 1.54) is 14.0 Å². The highest BCUT2D eigenvalue weighted by molar-refractivity contribution is 5.80. The lowest BCUT2D eigenvalue weighted by atomic mass is 9.82. The van der Waals surface area contributed by atoms with Crippen molar-refractivity contribution in [3.63, 3.8) is 0 Å². The van der Waals surface area contributed by atoms with Gasteiger partial charge in [-0.25, -0.2) is 0 Å². The summed E-state index contributed by atoms with van der Waals surface area (Å²) >= 11 is 0. The van der Waals surface area contributed by atoms with Gasteiger partial charge in [-0.2, -0.15) is 0 Å². The lowest BCUT2D eigenvalue weighted by molar-refractivity contribution is -0.425. The van der Waals surface area contributed by atoms with Gasteiger partial charge < -0.3 is 4.74 Å². The van der Waals surface area contributed by atoms with E-state index in [1.807, 2.05) is 6.92 Å². The van der Waals surface area contributed by atoms with Crippen molar-refractivity contribution in [3.8, 4) is 0 Å². The molecule has 0 amide bonds. The summed E-state index contributed by atoms with van der Waals surface area (Å²) in [5.41, 5.74) is -0.696. The molecule has 0 saturated carbocycles. The zero-order chi connectivity index (χ0) is 13.6. The quantitative estimate of drug-likeness (QED) is 0.321. The zero-order valence-corrected chi connectivity index (χ0v) is 10.9. The molecule has 0 N–H and O–H groups in total. The van der Waals surface area contributed by atoms with Crippen LogP contribution in [0.5, 0.6) is 0 Å². The summed E-state index contributed by atoms with van der Waals surface area (Å²) in [6.07, 6.45) is 4.15. The molecule has 0 fully saturated rings. The Kier molecular flexibility index (Phi) is 5.58. The summed E-state index contributed by atoms with van der Waals surface area (Å²) in [4.78, 5) is 22.0. The Bertz CT molecular complexity index is 367. The topological polar surface area (TPSA) is 69.4 Å². The summed E-state index contributed by atoms with van der Waals surface area (Å²) in [5, 5.41) is 10.8. The van der Waals surface area contributed by atoms with E-state index in [9.17, 15) is 14.9 Å². The van der Waals surface area contributed by atoms with Crippen LogP contribution >= 0.6 is 0 Å². The Morgan fingerprint density at radius 1 is 1.47 bits per heavy atom. The number of hydrogen-bond acceptors (Lipinski definition) is 4. The minimum absolute atomic E-state index is 0.0369. The third-order valence-electron chi connectivity index (χ3n) is 2.55. The fraction of sp³-hybridized carbons (Fsp3) is 0.583. The number of methoxy groups -OCH3 is 1. The van der Waals surface area contributed by atoms with E-state index in [4.69, 9.17) is 0 Å². The molecule has 5 nitrogen and oxygen atoms in total. The average Bonchev–Trinajstić information content (AvgIpc) is 2.27. The first-order valence-electron chi connectivity index (χ1n) is 5.39. The second-order valence-corrected chi connectivity index (χ2v) is 4.18. The lowest BCUT2D eigenvalue weighted by Crippen LogP contribution is -2.29. The van der Waals surface area contributed by atoms with Gasteiger partial charge in [0.1, 0.15) is 0 Å². The molecule has 0 aliphatic carbocycles. The highest BCUT2D eigenvalue weighted by Crippen LogP contribution is 2.31. The molecule has 0 aromatic rings. The van der Waals surface area contributed by atoms with Crippen LogP contribution < -0.4 is 0 Å². The van der Waals surface area contributed by atoms with Crippen LogP contribution in [0.3, 0.4) is 0 Å². The second-order valence-electron chi connectivity index (χ2n) is 4.18. The van der Waals surface area contributed by atoms with Crippen molar-refractivity contribution in [3.05, 3.63) is 33.5 Å². The van der Waals surface area contributed by atoms with E-state index in [0.717, 1.165) is 6.42 Å². The van der Waals surface area contributed by atoms with Crippen LogP contribution in [0.15, 0.2) is 23.4 Å². The Labute approximate surface area is 101 Å². The molecule has 0 aliphatic rings. The summed E-state index contributed by atoms with van der Waals surface area (Å²) in [7, 11) is 1.27. The van der Waals surface area contributed by atoms with Crippen molar-refractivity contribution < 1.29 is 14.5 Å². The molecular formula is C12H19NO4. The molecule has 96 valence electrons. The lowest BCUT2D eigenvalue weighted by Gasteiger charge is -2.22. The van der Waals surface area contributed by atoms with Crippen LogP contribution in [0.2, 0.25) is 0 Å². The first-order valence-corrected chi connectivity index (χ1v) is 5.39. The summed E-state index contributed by atoms with van der Waals surface area (Å²) in [6.45, 7) is 6.53. The van der Waals surface area contributed by atoms with Gasteiger partial charge in [0.15, 0.2) is 0 Å². The standard InChI is InChI=1S/C12H19NO4/c1-6-7-8-10(9(2)13(15)16)12(3,4)11(14)17-5/h7-8H,6H2,1-5H3/b8-7-,10-9-. The van der Waals surface area contributed by atoms with Gasteiger partial charge in [-0.1, -0.05) is 19.1 Å². The van der Waals surface area contributed by atoms with E-state index in [-0.39, 0.29) is 5.70 Å². The molecule has 0 rings (SSSR count). The van der Waals surface area contributed by atoms with E-state index in [0.29, 0.717) is 5.57 Å². The maximum absolute atomic E-state index is 11.7. The van der Waals surface area contributed by atoms with Crippen molar-refractivity contribution in [1.82, 2.24) is 0 Å². The van der Waals surface area contributed by atoms with Gasteiger partial charge in [-0.05, 0) is 20.3 Å². The molecule has 0 radical (unpaired) electrons. The third-order valence-corrected chi connectivity index (χ3v) is 2.55. The molecule has 0 aromatic carbocycles. The maximum atomic E-state index is 11.7. The van der Waals surface area contributed by atoms with Gasteiger partial charge in [0.25, 0.3) is 0 Å². The van der Waals surface area contributed by atoms with Crippen molar-refractivity contribution in [2.24, 2.45) is 5.41 Å². The van der Waals surface area contributed by atoms with Crippen LogP contribution in [0.4, 0.5) is 0 Å². The molecule has 0 saturated heterocycles. The predicted octanol–water partition coefficient (Wildman–Crippen LogP) is 2.70. The zero-order valence-electron chi connectivity index (χ0n) is 10.9. The second kappa shape index (κ2) is 6.18. The molecule has 0 unspecified atom stereocenters. The SMILES string of the molecule is CC/C=C\C(=C(/C)[N+](=O)[O-])C(C)(C)C(=O)OC. The number of carbonyl (C=O) groups excluding carboxylic acids is 1. The highest BCUT2D eigenvalue weighted by atomic mass is 16.6. The van der Waals surface area contributed by atoms with Gasteiger partial charge in [-0.3, -0.25) is 14.9 Å². The normalized spacial score (nSPS) is 13.5. The largest absolute Gasteiger partial charge is 0.468 e. The Morgan fingerprint density at radius 2 is 2.00 bits per heavy atom. The number of nitro groups is 1. The van der Waals surface area contributed by atoms with Crippen molar-refractivity contribution in [1.29, 1.82) is 0 Å². The summed E-state index contributed by atoms with van der Waals surface area (Å²) in [5.74, 6) is -0.491. The third kappa shape index (κ3) is 3.69. The van der Waals surface area contributed by atoms with E-state index in [2.05, 4.69) is 4.74 Å². The van der Waals surface area contributed by atoms with Crippen LogP contribution in [0, 0.1) is 15.5 Å². The predicted molar refractivity (Wildman–Crippen MR) is 64.9 cm³/mol. The number of nitrogens with zero attached hydrogens (tertiary/aromatic N) is 1. The molecule has 0 bridgehead atoms. The van der Waals surface area contributed by atoms with Gasteiger partial charge in [0.2, 0.25) is 5.70 Å². The monoisotopic (exact) mass is 241 g/mol. The molecule has 0 aliphatic heterocycles. The first kappa shape index (κ1) is 15.3. The minimum atomic E-state index is -1.03. The van der Waals surface area contributed by atoms with Gasteiger partial charge in [0.05, 0.1) is 17.4 Å². The fourth-order valence-corrected chi connectivity index (χ4v) is 1.48. The molecule has 0 atom stereocenters. The molecule has 0 aromatic heterocycles. The summed E-state index contributed by atoms with van der Waals surface area (Å²) < 4.78 is 4.68. The van der Waals surface area contributed by atoms with Crippen molar-refractivity contribution in [2.45, 2.75) is 34.1 Å².